The zero-order valence-corrected chi connectivity index (χ0v) is 10.0. The van der Waals surface area contributed by atoms with E-state index in [1.165, 1.54) is 18.2 Å². The van der Waals surface area contributed by atoms with Crippen molar-refractivity contribution in [2.75, 3.05) is 13.2 Å². The van der Waals surface area contributed by atoms with Crippen LogP contribution in [0.3, 0.4) is 0 Å². The maximum absolute atomic E-state index is 11.7. The molecule has 0 fully saturated rings. The highest BCUT2D eigenvalue weighted by Crippen LogP contribution is 2.15. The first-order valence-electron chi connectivity index (χ1n) is 4.90. The van der Waals surface area contributed by atoms with Crippen molar-refractivity contribution in [3.05, 3.63) is 24.3 Å². The minimum Gasteiger partial charge on any atom is -0.508 e. The Hall–Kier alpha value is -1.60. The van der Waals surface area contributed by atoms with Crippen LogP contribution in [0.2, 0.25) is 0 Å². The lowest BCUT2D eigenvalue weighted by Gasteiger charge is -2.06. The minimum absolute atomic E-state index is 0.109. The summed E-state index contributed by atoms with van der Waals surface area (Å²) in [4.78, 5) is 10.9. The van der Waals surface area contributed by atoms with Gasteiger partial charge in [-0.2, -0.15) is 4.72 Å². The topological polar surface area (TPSA) is 92.7 Å². The van der Waals surface area contributed by atoms with E-state index in [0.29, 0.717) is 0 Å². The van der Waals surface area contributed by atoms with Gasteiger partial charge in [-0.1, -0.05) is 6.07 Å². The van der Waals surface area contributed by atoms with E-state index in [0.717, 1.165) is 6.07 Å². The molecular formula is C10H13NO5S. The Morgan fingerprint density at radius 2 is 2.18 bits per heavy atom. The summed E-state index contributed by atoms with van der Waals surface area (Å²) in [5.74, 6) is -0.819. The molecule has 94 valence electrons. The Balaban J connectivity index is 2.73. The van der Waals surface area contributed by atoms with Gasteiger partial charge in [-0.3, -0.25) is 4.79 Å². The average Bonchev–Trinajstić information content (AvgIpc) is 2.27. The first-order valence-corrected chi connectivity index (χ1v) is 6.38. The van der Waals surface area contributed by atoms with Gasteiger partial charge in [-0.15, -0.1) is 0 Å². The Morgan fingerprint density at radius 1 is 1.47 bits per heavy atom. The zero-order valence-electron chi connectivity index (χ0n) is 9.21. The standard InChI is InChI=1S/C10H13NO5S/c1-2-16-10(13)7-11-17(14,15)9-5-3-4-8(12)6-9/h3-6,11-12H,2,7H2,1H3. The second-order valence-electron chi connectivity index (χ2n) is 3.13. The van der Waals surface area contributed by atoms with Crippen molar-refractivity contribution < 1.29 is 23.1 Å². The number of sulfonamides is 1. The summed E-state index contributed by atoms with van der Waals surface area (Å²) in [5.41, 5.74) is 0. The maximum atomic E-state index is 11.7. The van der Waals surface area contributed by atoms with Crippen molar-refractivity contribution in [2.45, 2.75) is 11.8 Å². The average molecular weight is 259 g/mol. The summed E-state index contributed by atoms with van der Waals surface area (Å²) < 4.78 is 30.0. The number of esters is 1. The number of hydrogen-bond acceptors (Lipinski definition) is 5. The number of hydrogen-bond donors (Lipinski definition) is 2. The Bertz CT molecular complexity index is 497. The molecule has 2 N–H and O–H groups in total. The molecule has 1 rings (SSSR count). The highest BCUT2D eigenvalue weighted by atomic mass is 32.2. The molecule has 0 aliphatic rings. The van der Waals surface area contributed by atoms with E-state index in [4.69, 9.17) is 5.11 Å². The van der Waals surface area contributed by atoms with Crippen molar-refractivity contribution in [1.82, 2.24) is 4.72 Å². The van der Waals surface area contributed by atoms with Crippen LogP contribution < -0.4 is 4.72 Å². The number of aromatic hydroxyl groups is 1. The van der Waals surface area contributed by atoms with E-state index >= 15 is 0 Å². The number of carbonyl (C=O) groups excluding carboxylic acids is 1. The Labute approximate surface area is 99.3 Å². The quantitative estimate of drug-likeness (QED) is 0.739. The Morgan fingerprint density at radius 3 is 2.76 bits per heavy atom. The van der Waals surface area contributed by atoms with Gasteiger partial charge >= 0.3 is 5.97 Å². The first kappa shape index (κ1) is 13.5. The zero-order chi connectivity index (χ0) is 12.9. The molecule has 0 unspecified atom stereocenters. The maximum Gasteiger partial charge on any atom is 0.321 e. The van der Waals surface area contributed by atoms with E-state index in [9.17, 15) is 13.2 Å². The van der Waals surface area contributed by atoms with Gasteiger partial charge in [0, 0.05) is 0 Å². The molecule has 0 heterocycles. The van der Waals surface area contributed by atoms with E-state index in [1.807, 2.05) is 0 Å². The van der Waals surface area contributed by atoms with E-state index in [2.05, 4.69) is 9.46 Å². The van der Waals surface area contributed by atoms with Gasteiger partial charge in [-0.25, -0.2) is 8.42 Å². The van der Waals surface area contributed by atoms with Crippen molar-refractivity contribution in [3.8, 4) is 5.75 Å². The lowest BCUT2D eigenvalue weighted by Crippen LogP contribution is -2.30. The molecule has 1 aromatic rings. The van der Waals surface area contributed by atoms with Crippen molar-refractivity contribution in [3.63, 3.8) is 0 Å². The number of rotatable bonds is 5. The molecule has 0 radical (unpaired) electrons. The van der Waals surface area contributed by atoms with Gasteiger partial charge in [0.05, 0.1) is 11.5 Å². The number of phenols is 1. The number of phenolic OH excluding ortho intramolecular Hbond substituents is 1. The number of carbonyl (C=O) groups is 1. The van der Waals surface area contributed by atoms with Crippen LogP contribution in [0.25, 0.3) is 0 Å². The van der Waals surface area contributed by atoms with Gasteiger partial charge < -0.3 is 9.84 Å². The highest BCUT2D eigenvalue weighted by molar-refractivity contribution is 7.89. The monoisotopic (exact) mass is 259 g/mol. The summed E-state index contributed by atoms with van der Waals surface area (Å²) >= 11 is 0. The summed E-state index contributed by atoms with van der Waals surface area (Å²) in [6.45, 7) is 1.38. The SMILES string of the molecule is CCOC(=O)CNS(=O)(=O)c1cccc(O)c1. The molecule has 0 spiro atoms. The normalized spacial score (nSPS) is 11.1. The number of benzene rings is 1. The van der Waals surface area contributed by atoms with Crippen LogP contribution in [0.15, 0.2) is 29.2 Å². The van der Waals surface area contributed by atoms with Crippen LogP contribution in [0.4, 0.5) is 0 Å². The fourth-order valence-corrected chi connectivity index (χ4v) is 2.11. The van der Waals surface area contributed by atoms with Crippen molar-refractivity contribution in [2.24, 2.45) is 0 Å². The molecule has 0 aliphatic heterocycles. The third kappa shape index (κ3) is 4.04. The second kappa shape index (κ2) is 5.65. The van der Waals surface area contributed by atoms with Crippen LogP contribution in [0.1, 0.15) is 6.92 Å². The molecule has 0 bridgehead atoms. The lowest BCUT2D eigenvalue weighted by molar-refractivity contribution is -0.141. The largest absolute Gasteiger partial charge is 0.508 e. The smallest absolute Gasteiger partial charge is 0.321 e. The van der Waals surface area contributed by atoms with E-state index < -0.39 is 22.5 Å². The molecular weight excluding hydrogens is 246 g/mol. The van der Waals surface area contributed by atoms with Gasteiger partial charge in [-0.05, 0) is 25.1 Å². The molecule has 0 aromatic heterocycles. The molecule has 0 saturated heterocycles. The highest BCUT2D eigenvalue weighted by Gasteiger charge is 2.16. The van der Waals surface area contributed by atoms with Crippen LogP contribution in [-0.4, -0.2) is 32.6 Å². The van der Waals surface area contributed by atoms with Crippen LogP contribution in [0.5, 0.6) is 5.75 Å². The first-order chi connectivity index (χ1) is 7.95. The predicted octanol–water partition coefficient (Wildman–Crippen LogP) is 0.234. The Kier molecular flexibility index (Phi) is 4.47. The predicted molar refractivity (Wildman–Crippen MR) is 59.9 cm³/mol. The molecule has 6 nitrogen and oxygen atoms in total. The number of nitrogens with one attached hydrogen (secondary N) is 1. The second-order valence-corrected chi connectivity index (χ2v) is 4.89. The molecule has 0 atom stereocenters. The van der Waals surface area contributed by atoms with Gasteiger partial charge in [0.25, 0.3) is 0 Å². The molecule has 7 heteroatoms. The fourth-order valence-electron chi connectivity index (χ4n) is 1.10. The molecule has 0 aliphatic carbocycles. The summed E-state index contributed by atoms with van der Waals surface area (Å²) in [7, 11) is -3.81. The van der Waals surface area contributed by atoms with Crippen LogP contribution in [-0.2, 0) is 19.6 Å². The van der Waals surface area contributed by atoms with Crippen LogP contribution >= 0.6 is 0 Å². The van der Waals surface area contributed by atoms with Crippen molar-refractivity contribution in [1.29, 1.82) is 0 Å². The number of ether oxygens (including phenoxy) is 1. The van der Waals surface area contributed by atoms with Crippen LogP contribution in [0, 0.1) is 0 Å². The third-order valence-electron chi connectivity index (χ3n) is 1.84. The summed E-state index contributed by atoms with van der Waals surface area (Å²) in [6.07, 6.45) is 0. The summed E-state index contributed by atoms with van der Waals surface area (Å²) in [6, 6.07) is 5.15. The lowest BCUT2D eigenvalue weighted by atomic mass is 10.3. The summed E-state index contributed by atoms with van der Waals surface area (Å²) in [5, 5.41) is 9.15. The van der Waals surface area contributed by atoms with E-state index in [1.54, 1.807) is 6.92 Å². The van der Waals surface area contributed by atoms with Gasteiger partial charge in [0.1, 0.15) is 12.3 Å². The molecule has 0 saturated carbocycles. The molecule has 0 amide bonds. The fraction of sp³-hybridized carbons (Fsp3) is 0.300. The van der Waals surface area contributed by atoms with E-state index in [-0.39, 0.29) is 17.3 Å². The van der Waals surface area contributed by atoms with Crippen molar-refractivity contribution >= 4 is 16.0 Å². The molecule has 17 heavy (non-hydrogen) atoms. The van der Waals surface area contributed by atoms with Gasteiger partial charge in [0.15, 0.2) is 0 Å². The van der Waals surface area contributed by atoms with Gasteiger partial charge in [0.2, 0.25) is 10.0 Å². The third-order valence-corrected chi connectivity index (χ3v) is 3.24. The minimum atomic E-state index is -3.81. The molecule has 1 aromatic carbocycles.